The predicted octanol–water partition coefficient (Wildman–Crippen LogP) is 6.95. The Bertz CT molecular complexity index is 969. The lowest BCUT2D eigenvalue weighted by Crippen LogP contribution is -2.11. The number of carbonyl (C=O) groups excluding carboxylic acids is 1. The molecule has 0 atom stereocenters. The zero-order valence-corrected chi connectivity index (χ0v) is 21.0. The minimum Gasteiger partial charge on any atom is -0.385 e. The van der Waals surface area contributed by atoms with Gasteiger partial charge in [0, 0.05) is 23.5 Å². The SMILES string of the molecule is CCCCNc1ccc(NC(=O)c2ccc(-c3ccc(C(C)(C)C)cc3)cc2)cc1.CNC. The summed E-state index contributed by atoms with van der Waals surface area (Å²) in [5.41, 5.74) is 6.23. The van der Waals surface area contributed by atoms with Crippen molar-refractivity contribution < 1.29 is 4.79 Å². The summed E-state index contributed by atoms with van der Waals surface area (Å²) in [6.07, 6.45) is 2.32. The van der Waals surface area contributed by atoms with Gasteiger partial charge in [-0.3, -0.25) is 4.79 Å². The van der Waals surface area contributed by atoms with Gasteiger partial charge in [-0.15, -0.1) is 0 Å². The Labute approximate surface area is 199 Å². The fourth-order valence-corrected chi connectivity index (χ4v) is 3.26. The van der Waals surface area contributed by atoms with Crippen molar-refractivity contribution in [3.05, 3.63) is 83.9 Å². The van der Waals surface area contributed by atoms with E-state index >= 15 is 0 Å². The van der Waals surface area contributed by atoms with Gasteiger partial charge in [0.05, 0.1) is 0 Å². The molecule has 0 heterocycles. The van der Waals surface area contributed by atoms with Crippen molar-refractivity contribution in [2.45, 2.75) is 46.0 Å². The van der Waals surface area contributed by atoms with Crippen molar-refractivity contribution in [1.29, 1.82) is 0 Å². The van der Waals surface area contributed by atoms with Gasteiger partial charge in [-0.05, 0) is 79.0 Å². The Morgan fingerprint density at radius 1 is 0.758 bits per heavy atom. The number of unbranched alkanes of at least 4 members (excludes halogenated alkanes) is 1. The van der Waals surface area contributed by atoms with Crippen LogP contribution in [0, 0.1) is 0 Å². The molecule has 0 radical (unpaired) electrons. The van der Waals surface area contributed by atoms with Gasteiger partial charge in [0.2, 0.25) is 0 Å². The molecule has 1 amide bonds. The Kier molecular flexibility index (Phi) is 10.1. The molecule has 176 valence electrons. The van der Waals surface area contributed by atoms with Crippen LogP contribution >= 0.6 is 0 Å². The van der Waals surface area contributed by atoms with Gasteiger partial charge in [-0.1, -0.05) is 70.5 Å². The maximum Gasteiger partial charge on any atom is 0.255 e. The summed E-state index contributed by atoms with van der Waals surface area (Å²) in [5, 5.41) is 9.10. The fraction of sp³-hybridized carbons (Fsp3) is 0.345. The lowest BCUT2D eigenvalue weighted by atomic mass is 9.86. The number of hydrogen-bond acceptors (Lipinski definition) is 3. The van der Waals surface area contributed by atoms with Crippen molar-refractivity contribution in [3.8, 4) is 11.1 Å². The minimum atomic E-state index is -0.101. The van der Waals surface area contributed by atoms with E-state index in [1.165, 1.54) is 12.0 Å². The van der Waals surface area contributed by atoms with Gasteiger partial charge in [-0.25, -0.2) is 0 Å². The first-order chi connectivity index (χ1) is 15.8. The third-order valence-electron chi connectivity index (χ3n) is 5.23. The number of anilines is 2. The van der Waals surface area contributed by atoms with Crippen molar-refractivity contribution in [3.63, 3.8) is 0 Å². The van der Waals surface area contributed by atoms with Crippen LogP contribution in [0.3, 0.4) is 0 Å². The molecule has 0 aliphatic carbocycles. The maximum atomic E-state index is 12.6. The van der Waals surface area contributed by atoms with Crippen LogP contribution in [0.25, 0.3) is 11.1 Å². The lowest BCUT2D eigenvalue weighted by molar-refractivity contribution is 0.102. The predicted molar refractivity (Wildman–Crippen MR) is 143 cm³/mol. The van der Waals surface area contributed by atoms with E-state index in [4.69, 9.17) is 0 Å². The highest BCUT2D eigenvalue weighted by molar-refractivity contribution is 6.04. The largest absolute Gasteiger partial charge is 0.385 e. The molecule has 33 heavy (non-hydrogen) atoms. The second-order valence-electron chi connectivity index (χ2n) is 9.22. The summed E-state index contributed by atoms with van der Waals surface area (Å²) in [5.74, 6) is -0.101. The average Bonchev–Trinajstić information content (AvgIpc) is 2.80. The normalized spacial score (nSPS) is 10.7. The van der Waals surface area contributed by atoms with Crippen LogP contribution in [0.2, 0.25) is 0 Å². The summed E-state index contributed by atoms with van der Waals surface area (Å²) in [6, 6.07) is 24.3. The molecule has 0 aliphatic rings. The molecule has 0 saturated heterocycles. The number of nitrogens with one attached hydrogen (secondary N) is 3. The van der Waals surface area contributed by atoms with Crippen molar-refractivity contribution in [2.24, 2.45) is 0 Å². The molecule has 0 bridgehead atoms. The van der Waals surface area contributed by atoms with Gasteiger partial charge >= 0.3 is 0 Å². The zero-order valence-electron chi connectivity index (χ0n) is 21.0. The number of rotatable bonds is 7. The number of amides is 1. The molecule has 3 N–H and O–H groups in total. The lowest BCUT2D eigenvalue weighted by Gasteiger charge is -2.19. The third kappa shape index (κ3) is 8.39. The highest BCUT2D eigenvalue weighted by Gasteiger charge is 2.13. The van der Waals surface area contributed by atoms with Crippen LogP contribution in [0.15, 0.2) is 72.8 Å². The number of hydrogen-bond donors (Lipinski definition) is 3. The number of benzene rings is 3. The fourth-order valence-electron chi connectivity index (χ4n) is 3.26. The van der Waals surface area contributed by atoms with Crippen LogP contribution in [-0.4, -0.2) is 26.5 Å². The average molecular weight is 446 g/mol. The van der Waals surface area contributed by atoms with E-state index in [2.05, 4.69) is 67.9 Å². The summed E-state index contributed by atoms with van der Waals surface area (Å²) in [6.45, 7) is 9.78. The Morgan fingerprint density at radius 2 is 1.24 bits per heavy atom. The highest BCUT2D eigenvalue weighted by atomic mass is 16.1. The molecular weight excluding hydrogens is 406 g/mol. The molecule has 0 fully saturated rings. The minimum absolute atomic E-state index is 0.101. The Morgan fingerprint density at radius 3 is 1.73 bits per heavy atom. The van der Waals surface area contributed by atoms with Crippen molar-refractivity contribution >= 4 is 17.3 Å². The summed E-state index contributed by atoms with van der Waals surface area (Å²) >= 11 is 0. The first kappa shape index (κ1) is 26.1. The monoisotopic (exact) mass is 445 g/mol. The molecule has 0 aromatic heterocycles. The molecular formula is C29H39N3O. The van der Waals surface area contributed by atoms with Crippen LogP contribution in [0.5, 0.6) is 0 Å². The van der Waals surface area contributed by atoms with Crippen molar-refractivity contribution in [1.82, 2.24) is 5.32 Å². The quantitative estimate of drug-likeness (QED) is 0.345. The zero-order chi connectivity index (χ0) is 24.3. The second-order valence-corrected chi connectivity index (χ2v) is 9.22. The molecule has 0 aliphatic heterocycles. The van der Waals surface area contributed by atoms with Gasteiger partial charge in [0.25, 0.3) is 5.91 Å². The van der Waals surface area contributed by atoms with Crippen molar-refractivity contribution in [2.75, 3.05) is 31.3 Å². The van der Waals surface area contributed by atoms with Gasteiger partial charge in [-0.2, -0.15) is 0 Å². The first-order valence-electron chi connectivity index (χ1n) is 11.7. The van der Waals surface area contributed by atoms with Crippen LogP contribution in [0.1, 0.15) is 56.5 Å². The molecule has 0 saturated carbocycles. The van der Waals surface area contributed by atoms with E-state index in [-0.39, 0.29) is 11.3 Å². The topological polar surface area (TPSA) is 53.2 Å². The summed E-state index contributed by atoms with van der Waals surface area (Å²) in [4.78, 5) is 12.6. The standard InChI is InChI=1S/C27H32N2O.C2H7N/c1-5-6-19-28-24-15-17-25(18-16-24)29-26(30)22-9-7-20(8-10-22)21-11-13-23(14-12-21)27(2,3)4;1-3-2/h7-18,28H,5-6,19H2,1-4H3,(H,29,30);3H,1-2H3. The van der Waals surface area contributed by atoms with E-state index in [1.807, 2.05) is 62.6 Å². The molecule has 3 rings (SSSR count). The second kappa shape index (κ2) is 12.8. The summed E-state index contributed by atoms with van der Waals surface area (Å²) in [7, 11) is 3.75. The van der Waals surface area contributed by atoms with E-state index in [0.29, 0.717) is 5.56 Å². The van der Waals surface area contributed by atoms with E-state index in [9.17, 15) is 4.79 Å². The smallest absolute Gasteiger partial charge is 0.255 e. The third-order valence-corrected chi connectivity index (χ3v) is 5.23. The molecule has 3 aromatic carbocycles. The molecule has 4 nitrogen and oxygen atoms in total. The first-order valence-corrected chi connectivity index (χ1v) is 11.7. The molecule has 0 unspecified atom stereocenters. The molecule has 3 aromatic rings. The van der Waals surface area contributed by atoms with E-state index in [0.717, 1.165) is 35.5 Å². The van der Waals surface area contributed by atoms with Crippen LogP contribution in [-0.2, 0) is 5.41 Å². The number of carbonyl (C=O) groups is 1. The van der Waals surface area contributed by atoms with Gasteiger partial charge in [0.1, 0.15) is 0 Å². The summed E-state index contributed by atoms with van der Waals surface area (Å²) < 4.78 is 0. The van der Waals surface area contributed by atoms with Gasteiger partial charge < -0.3 is 16.0 Å². The Hall–Kier alpha value is -3.11. The van der Waals surface area contributed by atoms with E-state index in [1.54, 1.807) is 0 Å². The van der Waals surface area contributed by atoms with Crippen LogP contribution < -0.4 is 16.0 Å². The van der Waals surface area contributed by atoms with Crippen LogP contribution in [0.4, 0.5) is 11.4 Å². The molecule has 0 spiro atoms. The van der Waals surface area contributed by atoms with Gasteiger partial charge in [0.15, 0.2) is 0 Å². The molecule has 4 heteroatoms. The maximum absolute atomic E-state index is 12.6. The highest BCUT2D eigenvalue weighted by Crippen LogP contribution is 2.26. The Balaban J connectivity index is 0.00000122. The van der Waals surface area contributed by atoms with E-state index < -0.39 is 0 Å².